The molecule has 1 aliphatic rings. The molecular weight excluding hydrogens is 337 g/mol. The maximum absolute atomic E-state index is 14.3. The van der Waals surface area contributed by atoms with E-state index in [2.05, 4.69) is 24.3 Å². The monoisotopic (exact) mass is 359 g/mol. The summed E-state index contributed by atoms with van der Waals surface area (Å²) in [5.41, 5.74) is 3.26. The Balaban J connectivity index is 1.76. The average molecular weight is 359 g/mol. The fourth-order valence-corrected chi connectivity index (χ4v) is 7.18. The molecule has 0 bridgehead atoms. The van der Waals surface area contributed by atoms with E-state index in [1.165, 1.54) is 0 Å². The number of hydrogen-bond donors (Lipinski definition) is 0. The summed E-state index contributed by atoms with van der Waals surface area (Å²) in [6.07, 6.45) is 3.62. The Morgan fingerprint density at radius 1 is 0.692 bits per heavy atom. The molecule has 0 amide bonds. The minimum Gasteiger partial charge on any atom is -0.297 e. The Hall–Kier alpha value is -2.44. The molecule has 0 unspecified atom stereocenters. The summed E-state index contributed by atoms with van der Waals surface area (Å²) < 4.78 is 19.0. The van der Waals surface area contributed by atoms with Gasteiger partial charge in [-0.25, -0.2) is 4.76 Å². The van der Waals surface area contributed by atoms with E-state index in [9.17, 15) is 4.57 Å². The second-order valence-corrected chi connectivity index (χ2v) is 9.58. The summed E-state index contributed by atoms with van der Waals surface area (Å²) in [6, 6.07) is 30.4. The molecule has 3 heteroatoms. The van der Waals surface area contributed by atoms with E-state index in [1.807, 2.05) is 66.7 Å². The van der Waals surface area contributed by atoms with E-state index in [4.69, 9.17) is 4.76 Å². The van der Waals surface area contributed by atoms with Gasteiger partial charge in [0.15, 0.2) is 0 Å². The van der Waals surface area contributed by atoms with Crippen molar-refractivity contribution in [3.63, 3.8) is 0 Å². The predicted molar refractivity (Wildman–Crippen MR) is 109 cm³/mol. The summed E-state index contributed by atoms with van der Waals surface area (Å²) in [5, 5.41) is 0. The highest BCUT2D eigenvalue weighted by Gasteiger charge is 2.47. The lowest BCUT2D eigenvalue weighted by Gasteiger charge is -2.23. The quantitative estimate of drug-likeness (QED) is 0.378. The third-order valence-corrected chi connectivity index (χ3v) is 8.54. The van der Waals surface area contributed by atoms with Gasteiger partial charge in [-0.1, -0.05) is 91.0 Å². The van der Waals surface area contributed by atoms with Gasteiger partial charge in [-0.3, -0.25) is 4.57 Å². The number of rotatable bonds is 4. The number of benzene rings is 3. The first-order valence-corrected chi connectivity index (χ1v) is 10.9. The topological polar surface area (TPSA) is 29.4 Å². The van der Waals surface area contributed by atoms with Crippen molar-refractivity contribution in [2.45, 2.75) is 24.2 Å². The zero-order valence-corrected chi connectivity index (χ0v) is 15.5. The van der Waals surface area contributed by atoms with Crippen LogP contribution in [0.2, 0.25) is 0 Å². The smallest absolute Gasteiger partial charge is 0.204 e. The lowest BCUT2D eigenvalue weighted by Crippen LogP contribution is -1.98. The minimum absolute atomic E-state index is 0.00568. The second-order valence-electron chi connectivity index (χ2n) is 6.76. The molecule has 1 saturated heterocycles. The van der Waals surface area contributed by atoms with Crippen LogP contribution in [-0.4, -0.2) is 6.21 Å². The van der Waals surface area contributed by atoms with Crippen LogP contribution in [0.3, 0.4) is 0 Å². The van der Waals surface area contributed by atoms with Crippen molar-refractivity contribution < 1.29 is 4.57 Å². The zero-order valence-electron chi connectivity index (χ0n) is 14.6. The van der Waals surface area contributed by atoms with Gasteiger partial charge in [-0.2, -0.15) is 0 Å². The van der Waals surface area contributed by atoms with Crippen LogP contribution in [0.5, 0.6) is 0 Å². The van der Waals surface area contributed by atoms with Gasteiger partial charge in [0, 0.05) is 6.21 Å². The van der Waals surface area contributed by atoms with E-state index >= 15 is 0 Å². The first kappa shape index (κ1) is 17.0. The summed E-state index contributed by atoms with van der Waals surface area (Å²) in [5.74, 6) is 0. The van der Waals surface area contributed by atoms with Gasteiger partial charge in [-0.05, 0) is 29.5 Å². The molecule has 3 aromatic rings. The second kappa shape index (κ2) is 7.43. The van der Waals surface area contributed by atoms with Gasteiger partial charge in [0.2, 0.25) is 7.29 Å². The molecule has 0 N–H and O–H groups in total. The fourth-order valence-electron chi connectivity index (χ4n) is 3.87. The maximum Gasteiger partial charge on any atom is 0.204 e. The predicted octanol–water partition coefficient (Wildman–Crippen LogP) is 6.66. The summed E-state index contributed by atoms with van der Waals surface area (Å²) in [6.45, 7) is 0. The normalized spacial score (nSPS) is 21.8. The lowest BCUT2D eigenvalue weighted by atomic mass is 10.0. The van der Waals surface area contributed by atoms with E-state index < -0.39 is 7.29 Å². The molecule has 130 valence electrons. The Labute approximate surface area is 155 Å². The molecule has 1 heterocycles. The minimum atomic E-state index is -2.83. The summed E-state index contributed by atoms with van der Waals surface area (Å²) in [4.78, 5) is 0. The summed E-state index contributed by atoms with van der Waals surface area (Å²) in [7, 11) is -2.83. The van der Waals surface area contributed by atoms with E-state index in [-0.39, 0.29) is 11.3 Å². The van der Waals surface area contributed by atoms with Gasteiger partial charge < -0.3 is 0 Å². The van der Waals surface area contributed by atoms with Crippen LogP contribution < -0.4 is 0 Å². The van der Waals surface area contributed by atoms with E-state index in [0.717, 1.165) is 29.5 Å². The third kappa shape index (κ3) is 3.30. The van der Waals surface area contributed by atoms with E-state index in [0.29, 0.717) is 0 Å². The Bertz CT molecular complexity index is 871. The first-order valence-electron chi connectivity index (χ1n) is 9.07. The van der Waals surface area contributed by atoms with Crippen LogP contribution in [0.4, 0.5) is 0 Å². The number of nitrogens with zero attached hydrogens (tertiary/aromatic N) is 1. The van der Waals surface area contributed by atoms with Gasteiger partial charge in [-0.15, -0.1) is 0 Å². The molecule has 1 aliphatic heterocycles. The lowest BCUT2D eigenvalue weighted by molar-refractivity contribution is 0.568. The van der Waals surface area contributed by atoms with Crippen LogP contribution >= 0.6 is 7.29 Å². The Morgan fingerprint density at radius 2 is 1.12 bits per heavy atom. The Morgan fingerprint density at radius 3 is 1.58 bits per heavy atom. The molecular formula is C23H22NOP. The van der Waals surface area contributed by atoms with Crippen LogP contribution in [0.15, 0.2) is 95.8 Å². The Kier molecular flexibility index (Phi) is 4.86. The molecule has 0 spiro atoms. The molecule has 0 aliphatic carbocycles. The fraction of sp³-hybridized carbons (Fsp3) is 0.174. The first-order chi connectivity index (χ1) is 12.8. The van der Waals surface area contributed by atoms with Crippen molar-refractivity contribution in [1.82, 2.24) is 0 Å². The highest BCUT2D eigenvalue weighted by Crippen LogP contribution is 2.77. The molecule has 1 fully saturated rings. The van der Waals surface area contributed by atoms with Gasteiger partial charge >= 0.3 is 0 Å². The molecule has 26 heavy (non-hydrogen) atoms. The highest BCUT2D eigenvalue weighted by atomic mass is 31.2. The van der Waals surface area contributed by atoms with Crippen molar-refractivity contribution >= 4 is 13.5 Å². The third-order valence-electron chi connectivity index (χ3n) is 5.16. The van der Waals surface area contributed by atoms with E-state index in [1.54, 1.807) is 6.21 Å². The molecule has 0 saturated carbocycles. The van der Waals surface area contributed by atoms with Crippen LogP contribution in [-0.2, 0) is 4.57 Å². The summed E-state index contributed by atoms with van der Waals surface area (Å²) >= 11 is 0. The largest absolute Gasteiger partial charge is 0.297 e. The van der Waals surface area contributed by atoms with Crippen LogP contribution in [0, 0.1) is 0 Å². The molecule has 0 aromatic heterocycles. The van der Waals surface area contributed by atoms with Crippen molar-refractivity contribution in [2.75, 3.05) is 0 Å². The van der Waals surface area contributed by atoms with Crippen molar-refractivity contribution in [1.29, 1.82) is 0 Å². The van der Waals surface area contributed by atoms with Gasteiger partial charge in [0.05, 0.1) is 11.3 Å². The highest BCUT2D eigenvalue weighted by molar-refractivity contribution is 7.63. The van der Waals surface area contributed by atoms with Crippen molar-refractivity contribution in [3.05, 3.63) is 108 Å². The zero-order chi connectivity index (χ0) is 17.8. The molecule has 2 atom stereocenters. The molecule has 3 aromatic carbocycles. The van der Waals surface area contributed by atoms with Gasteiger partial charge in [0.1, 0.15) is 0 Å². The molecule has 0 radical (unpaired) electrons. The maximum atomic E-state index is 14.3. The van der Waals surface area contributed by atoms with Crippen molar-refractivity contribution in [3.8, 4) is 0 Å². The van der Waals surface area contributed by atoms with Gasteiger partial charge in [0.25, 0.3) is 0 Å². The van der Waals surface area contributed by atoms with Crippen LogP contribution in [0.25, 0.3) is 0 Å². The van der Waals surface area contributed by atoms with Crippen molar-refractivity contribution in [2.24, 2.45) is 4.76 Å². The number of hydrogen-bond acceptors (Lipinski definition) is 1. The molecule has 4 rings (SSSR count). The average Bonchev–Trinajstić information content (AvgIpc) is 3.06. The van der Waals surface area contributed by atoms with Crippen LogP contribution in [0.1, 0.15) is 40.8 Å². The molecule has 2 nitrogen and oxygen atoms in total. The standard InChI is InChI=1S/C23H22NOP/c25-26(24-18-19-10-4-1-5-11-19)22(20-12-6-2-7-13-20)16-17-23(26)21-14-8-3-9-15-21/h1-15,18,22-23H,16-17H2/b24-18+/t22-,23-/m0/s1. The SMILES string of the molecule is O=P1(/N=C/c2ccccc2)[C@H](c2ccccc2)CC[C@H]1c1ccccc1.